The van der Waals surface area contributed by atoms with E-state index in [1.165, 1.54) is 56.7 Å². The van der Waals surface area contributed by atoms with E-state index in [0.717, 1.165) is 5.92 Å². The van der Waals surface area contributed by atoms with Gasteiger partial charge in [0.2, 0.25) is 0 Å². The molecule has 3 heteroatoms. The van der Waals surface area contributed by atoms with Crippen LogP contribution >= 0.6 is 0 Å². The van der Waals surface area contributed by atoms with Crippen LogP contribution in [0.1, 0.15) is 18.4 Å². The fourth-order valence-corrected chi connectivity index (χ4v) is 3.67. The number of hydrogen-bond acceptors (Lipinski definition) is 3. The fourth-order valence-electron chi connectivity index (χ4n) is 3.67. The number of hydrogen-bond donors (Lipinski definition) is 1. The monoisotopic (exact) mass is 273 g/mol. The van der Waals surface area contributed by atoms with Crippen molar-refractivity contribution in [1.82, 2.24) is 9.80 Å². The van der Waals surface area contributed by atoms with E-state index in [9.17, 15) is 0 Å². The SMILES string of the molecule is CN(C)CC1CCN(CC2Cc3ccccc3N2)CC1. The number of nitrogens with zero attached hydrogens (tertiary/aromatic N) is 2. The van der Waals surface area contributed by atoms with Crippen molar-refractivity contribution in [2.75, 3.05) is 45.6 Å². The Bertz CT molecular complexity index is 411. The van der Waals surface area contributed by atoms with Crippen LogP contribution in [-0.4, -0.2) is 56.1 Å². The lowest BCUT2D eigenvalue weighted by molar-refractivity contribution is 0.158. The van der Waals surface area contributed by atoms with Gasteiger partial charge >= 0.3 is 0 Å². The molecular weight excluding hydrogens is 246 g/mol. The maximum Gasteiger partial charge on any atom is 0.0429 e. The molecule has 2 heterocycles. The number of piperidine rings is 1. The highest BCUT2D eigenvalue weighted by molar-refractivity contribution is 5.56. The van der Waals surface area contributed by atoms with E-state index in [2.05, 4.69) is 53.5 Å². The molecule has 1 aromatic rings. The van der Waals surface area contributed by atoms with E-state index in [-0.39, 0.29) is 0 Å². The quantitative estimate of drug-likeness (QED) is 0.908. The highest BCUT2D eigenvalue weighted by Crippen LogP contribution is 2.26. The lowest BCUT2D eigenvalue weighted by Crippen LogP contribution is -2.42. The molecule has 0 aliphatic carbocycles. The Hall–Kier alpha value is -1.06. The van der Waals surface area contributed by atoms with Crippen molar-refractivity contribution in [2.24, 2.45) is 5.92 Å². The average molecular weight is 273 g/mol. The summed E-state index contributed by atoms with van der Waals surface area (Å²) >= 11 is 0. The third-order valence-electron chi connectivity index (χ3n) is 4.65. The Kier molecular flexibility index (Phi) is 4.27. The highest BCUT2D eigenvalue weighted by atomic mass is 15.2. The molecule has 2 aliphatic heterocycles. The molecule has 1 saturated heterocycles. The first-order valence-electron chi connectivity index (χ1n) is 7.92. The maximum atomic E-state index is 3.68. The zero-order chi connectivity index (χ0) is 13.9. The summed E-state index contributed by atoms with van der Waals surface area (Å²) in [5.41, 5.74) is 2.83. The predicted octanol–water partition coefficient (Wildman–Crippen LogP) is 2.30. The lowest BCUT2D eigenvalue weighted by Gasteiger charge is -2.34. The Labute approximate surface area is 123 Å². The first-order valence-corrected chi connectivity index (χ1v) is 7.92. The number of likely N-dealkylation sites (tertiary alicyclic amines) is 1. The topological polar surface area (TPSA) is 18.5 Å². The van der Waals surface area contributed by atoms with Crippen molar-refractivity contribution in [1.29, 1.82) is 0 Å². The van der Waals surface area contributed by atoms with Gasteiger partial charge in [0, 0.05) is 24.8 Å². The Morgan fingerprint density at radius 1 is 1.20 bits per heavy atom. The van der Waals surface area contributed by atoms with Crippen LogP contribution < -0.4 is 5.32 Å². The van der Waals surface area contributed by atoms with E-state index in [4.69, 9.17) is 0 Å². The third kappa shape index (κ3) is 3.33. The van der Waals surface area contributed by atoms with Gasteiger partial charge in [0.25, 0.3) is 0 Å². The molecule has 1 fully saturated rings. The Balaban J connectivity index is 1.45. The highest BCUT2D eigenvalue weighted by Gasteiger charge is 2.25. The van der Waals surface area contributed by atoms with Crippen LogP contribution in [0.4, 0.5) is 5.69 Å². The number of anilines is 1. The number of para-hydroxylation sites is 1. The van der Waals surface area contributed by atoms with Gasteiger partial charge in [0.05, 0.1) is 0 Å². The molecule has 0 bridgehead atoms. The van der Waals surface area contributed by atoms with Gasteiger partial charge < -0.3 is 15.1 Å². The molecule has 1 unspecified atom stereocenters. The van der Waals surface area contributed by atoms with Gasteiger partial charge in [0.1, 0.15) is 0 Å². The van der Waals surface area contributed by atoms with Crippen molar-refractivity contribution >= 4 is 5.69 Å². The van der Waals surface area contributed by atoms with Gasteiger partial charge in [-0.2, -0.15) is 0 Å². The van der Waals surface area contributed by atoms with E-state index >= 15 is 0 Å². The van der Waals surface area contributed by atoms with Gasteiger partial charge in [-0.25, -0.2) is 0 Å². The molecule has 2 aliphatic rings. The molecule has 0 radical (unpaired) electrons. The van der Waals surface area contributed by atoms with Crippen molar-refractivity contribution in [3.8, 4) is 0 Å². The zero-order valence-corrected chi connectivity index (χ0v) is 12.8. The van der Waals surface area contributed by atoms with Crippen molar-refractivity contribution in [2.45, 2.75) is 25.3 Å². The molecule has 0 amide bonds. The minimum atomic E-state index is 0.609. The summed E-state index contributed by atoms with van der Waals surface area (Å²) < 4.78 is 0. The number of benzene rings is 1. The molecule has 0 aromatic heterocycles. The van der Waals surface area contributed by atoms with Gasteiger partial charge in [-0.05, 0) is 64.0 Å². The zero-order valence-electron chi connectivity index (χ0n) is 12.8. The van der Waals surface area contributed by atoms with Crippen molar-refractivity contribution in [3.05, 3.63) is 29.8 Å². The molecular formula is C17H27N3. The molecule has 3 rings (SSSR count). The van der Waals surface area contributed by atoms with Gasteiger partial charge in [0.15, 0.2) is 0 Å². The van der Waals surface area contributed by atoms with Crippen LogP contribution in [0.3, 0.4) is 0 Å². The largest absolute Gasteiger partial charge is 0.380 e. The van der Waals surface area contributed by atoms with Crippen LogP contribution in [0.25, 0.3) is 0 Å². The molecule has 110 valence electrons. The summed E-state index contributed by atoms with van der Waals surface area (Å²) in [7, 11) is 4.37. The first-order chi connectivity index (χ1) is 9.70. The van der Waals surface area contributed by atoms with Gasteiger partial charge in [-0.3, -0.25) is 0 Å². The normalized spacial score (nSPS) is 23.9. The molecule has 1 N–H and O–H groups in total. The Morgan fingerprint density at radius 3 is 2.65 bits per heavy atom. The number of fused-ring (bicyclic) bond motifs is 1. The van der Waals surface area contributed by atoms with E-state index in [1.807, 2.05) is 0 Å². The standard InChI is InChI=1S/C17H27N3/c1-19(2)12-14-7-9-20(10-8-14)13-16-11-15-5-3-4-6-17(15)18-16/h3-6,14,16,18H,7-13H2,1-2H3. The van der Waals surface area contributed by atoms with Crippen molar-refractivity contribution < 1.29 is 0 Å². The second-order valence-electron chi connectivity index (χ2n) is 6.71. The summed E-state index contributed by atoms with van der Waals surface area (Å²) in [4.78, 5) is 4.98. The second-order valence-corrected chi connectivity index (χ2v) is 6.71. The molecule has 3 nitrogen and oxygen atoms in total. The van der Waals surface area contributed by atoms with Crippen LogP contribution in [-0.2, 0) is 6.42 Å². The van der Waals surface area contributed by atoms with E-state index in [1.54, 1.807) is 0 Å². The third-order valence-corrected chi connectivity index (χ3v) is 4.65. The number of rotatable bonds is 4. The molecule has 0 saturated carbocycles. The smallest absolute Gasteiger partial charge is 0.0429 e. The summed E-state index contributed by atoms with van der Waals surface area (Å²) in [5, 5.41) is 3.68. The second kappa shape index (κ2) is 6.15. The van der Waals surface area contributed by atoms with Crippen LogP contribution in [0.15, 0.2) is 24.3 Å². The summed E-state index contributed by atoms with van der Waals surface area (Å²) in [6.07, 6.45) is 3.91. The average Bonchev–Trinajstić information content (AvgIpc) is 2.82. The van der Waals surface area contributed by atoms with Crippen LogP contribution in [0.2, 0.25) is 0 Å². The molecule has 0 spiro atoms. The van der Waals surface area contributed by atoms with Crippen LogP contribution in [0, 0.1) is 5.92 Å². The van der Waals surface area contributed by atoms with Crippen molar-refractivity contribution in [3.63, 3.8) is 0 Å². The summed E-state index contributed by atoms with van der Waals surface area (Å²) in [5.74, 6) is 0.898. The maximum absolute atomic E-state index is 3.68. The van der Waals surface area contributed by atoms with Crippen LogP contribution in [0.5, 0.6) is 0 Å². The predicted molar refractivity (Wildman–Crippen MR) is 85.3 cm³/mol. The van der Waals surface area contributed by atoms with Gasteiger partial charge in [-0.15, -0.1) is 0 Å². The Morgan fingerprint density at radius 2 is 1.95 bits per heavy atom. The first kappa shape index (κ1) is 13.9. The molecule has 1 atom stereocenters. The molecule has 1 aromatic carbocycles. The number of nitrogens with one attached hydrogen (secondary N) is 1. The minimum absolute atomic E-state index is 0.609. The molecule has 20 heavy (non-hydrogen) atoms. The van der Waals surface area contributed by atoms with E-state index < -0.39 is 0 Å². The van der Waals surface area contributed by atoms with E-state index in [0.29, 0.717) is 6.04 Å². The lowest BCUT2D eigenvalue weighted by atomic mass is 9.96. The van der Waals surface area contributed by atoms with Gasteiger partial charge in [-0.1, -0.05) is 18.2 Å². The fraction of sp³-hybridized carbons (Fsp3) is 0.647. The minimum Gasteiger partial charge on any atom is -0.380 e. The summed E-state index contributed by atoms with van der Waals surface area (Å²) in [6.45, 7) is 4.99. The summed E-state index contributed by atoms with van der Waals surface area (Å²) in [6, 6.07) is 9.35.